The topological polar surface area (TPSA) is 73.4 Å². The van der Waals surface area contributed by atoms with E-state index in [1.54, 1.807) is 11.8 Å². The number of aromatic nitrogens is 6. The molecule has 0 amide bonds. The summed E-state index contributed by atoms with van der Waals surface area (Å²) in [6.45, 7) is 9.19. The van der Waals surface area contributed by atoms with Crippen molar-refractivity contribution in [3.05, 3.63) is 59.2 Å². The third-order valence-corrected chi connectivity index (χ3v) is 6.33. The zero-order valence-corrected chi connectivity index (χ0v) is 18.8. The quantitative estimate of drug-likeness (QED) is 0.445. The van der Waals surface area contributed by atoms with Gasteiger partial charge >= 0.3 is 0 Å². The van der Waals surface area contributed by atoms with E-state index >= 15 is 0 Å². The van der Waals surface area contributed by atoms with E-state index in [-0.39, 0.29) is 0 Å². The van der Waals surface area contributed by atoms with Crippen molar-refractivity contribution < 1.29 is 4.74 Å². The molecular formula is C22H25N7OS. The van der Waals surface area contributed by atoms with Crippen LogP contribution in [0, 0.1) is 20.8 Å². The van der Waals surface area contributed by atoms with E-state index in [0.29, 0.717) is 19.0 Å². The number of hydrogen-bond donors (Lipinski definition) is 0. The number of ether oxygens (including phenoxy) is 1. The van der Waals surface area contributed by atoms with Crippen LogP contribution in [0.4, 0.5) is 5.95 Å². The van der Waals surface area contributed by atoms with Gasteiger partial charge < -0.3 is 9.64 Å². The maximum atomic E-state index is 5.52. The van der Waals surface area contributed by atoms with Gasteiger partial charge in [-0.15, -0.1) is 10.2 Å². The van der Waals surface area contributed by atoms with Crippen LogP contribution in [-0.2, 0) is 10.5 Å². The molecule has 0 radical (unpaired) electrons. The van der Waals surface area contributed by atoms with Gasteiger partial charge in [-0.1, -0.05) is 29.5 Å². The van der Waals surface area contributed by atoms with Crippen LogP contribution in [0.25, 0.3) is 11.5 Å². The average Bonchev–Trinajstić information content (AvgIpc) is 3.37. The van der Waals surface area contributed by atoms with Gasteiger partial charge in [0.25, 0.3) is 0 Å². The average molecular weight is 436 g/mol. The second-order valence-electron chi connectivity index (χ2n) is 7.78. The van der Waals surface area contributed by atoms with Gasteiger partial charge in [0.2, 0.25) is 11.7 Å². The molecule has 8 nitrogen and oxygen atoms in total. The first-order chi connectivity index (χ1) is 15.1. The Morgan fingerprint density at radius 2 is 1.77 bits per heavy atom. The van der Waals surface area contributed by atoms with Crippen LogP contribution in [-0.4, -0.2) is 55.4 Å². The van der Waals surface area contributed by atoms with Gasteiger partial charge in [0.15, 0.2) is 5.16 Å². The Kier molecular flexibility index (Phi) is 5.37. The third-order valence-electron chi connectivity index (χ3n) is 5.36. The van der Waals surface area contributed by atoms with Crippen molar-refractivity contribution in [3.63, 3.8) is 0 Å². The van der Waals surface area contributed by atoms with Crippen molar-refractivity contribution in [1.29, 1.82) is 0 Å². The van der Waals surface area contributed by atoms with Crippen molar-refractivity contribution in [3.8, 4) is 5.69 Å². The molecule has 0 saturated carbocycles. The highest BCUT2D eigenvalue weighted by atomic mass is 32.2. The molecule has 3 aromatic heterocycles. The lowest BCUT2D eigenvalue weighted by Gasteiger charge is -2.27. The first kappa shape index (κ1) is 20.0. The highest BCUT2D eigenvalue weighted by Gasteiger charge is 2.22. The first-order valence-corrected chi connectivity index (χ1v) is 11.4. The normalized spacial score (nSPS) is 14.5. The summed E-state index contributed by atoms with van der Waals surface area (Å²) in [5.41, 5.74) is 5.36. The van der Waals surface area contributed by atoms with E-state index in [1.807, 2.05) is 11.3 Å². The predicted molar refractivity (Wildman–Crippen MR) is 121 cm³/mol. The summed E-state index contributed by atoms with van der Waals surface area (Å²) >= 11 is 1.64. The van der Waals surface area contributed by atoms with Crippen molar-refractivity contribution >= 4 is 23.5 Å². The first-order valence-electron chi connectivity index (χ1n) is 10.4. The van der Waals surface area contributed by atoms with E-state index in [1.165, 1.54) is 5.56 Å². The van der Waals surface area contributed by atoms with Crippen LogP contribution < -0.4 is 4.90 Å². The maximum Gasteiger partial charge on any atom is 0.234 e. The molecule has 4 aromatic rings. The molecular weight excluding hydrogens is 410 g/mol. The molecule has 5 rings (SSSR count). The number of imidazole rings is 1. The molecule has 0 N–H and O–H groups in total. The van der Waals surface area contributed by atoms with Gasteiger partial charge in [0, 0.05) is 36.4 Å². The summed E-state index contributed by atoms with van der Waals surface area (Å²) in [5, 5.41) is 9.93. The van der Waals surface area contributed by atoms with E-state index in [9.17, 15) is 0 Å². The lowest BCUT2D eigenvalue weighted by Crippen LogP contribution is -2.37. The highest BCUT2D eigenvalue weighted by molar-refractivity contribution is 7.98. The number of anilines is 1. The molecule has 4 heterocycles. The number of nitrogens with zero attached hydrogens (tertiary/aromatic N) is 7. The maximum absolute atomic E-state index is 5.52. The minimum Gasteiger partial charge on any atom is -0.378 e. The van der Waals surface area contributed by atoms with Crippen molar-refractivity contribution in [1.82, 2.24) is 29.1 Å². The van der Waals surface area contributed by atoms with E-state index in [2.05, 4.69) is 75.0 Å². The standard InChI is InChI=1S/C22H25N7OS/c1-15-4-6-19(7-5-15)29-21(27-8-10-30-11-9-27)25-26-22(29)31-14-18-13-28-17(3)12-16(2)23-20(28)24-18/h4-7,12-13H,8-11,14H2,1-3H3. The second kappa shape index (κ2) is 8.32. The lowest BCUT2D eigenvalue weighted by molar-refractivity contribution is 0.122. The molecule has 1 aromatic carbocycles. The fraction of sp³-hybridized carbons (Fsp3) is 0.364. The number of benzene rings is 1. The molecule has 1 aliphatic heterocycles. The van der Waals surface area contributed by atoms with Crippen LogP contribution in [0.15, 0.2) is 41.7 Å². The number of rotatable bonds is 5. The lowest BCUT2D eigenvalue weighted by atomic mass is 10.2. The molecule has 0 bridgehead atoms. The fourth-order valence-corrected chi connectivity index (χ4v) is 4.60. The number of morpholine rings is 1. The van der Waals surface area contributed by atoms with Crippen LogP contribution in [0.5, 0.6) is 0 Å². The largest absolute Gasteiger partial charge is 0.378 e. The Morgan fingerprint density at radius 1 is 1.00 bits per heavy atom. The van der Waals surface area contributed by atoms with Crippen molar-refractivity contribution in [2.24, 2.45) is 0 Å². The monoisotopic (exact) mass is 435 g/mol. The van der Waals surface area contributed by atoms with Gasteiger partial charge in [0.1, 0.15) is 0 Å². The minimum atomic E-state index is 0.689. The molecule has 0 unspecified atom stereocenters. The van der Waals surface area contributed by atoms with E-state index in [4.69, 9.17) is 9.72 Å². The van der Waals surface area contributed by atoms with E-state index < -0.39 is 0 Å². The minimum absolute atomic E-state index is 0.689. The van der Waals surface area contributed by atoms with Gasteiger partial charge in [-0.05, 0) is 39.0 Å². The van der Waals surface area contributed by atoms with Gasteiger partial charge in [-0.2, -0.15) is 0 Å². The zero-order chi connectivity index (χ0) is 21.4. The van der Waals surface area contributed by atoms with Crippen LogP contribution >= 0.6 is 11.8 Å². The van der Waals surface area contributed by atoms with Gasteiger partial charge in [0.05, 0.1) is 24.6 Å². The highest BCUT2D eigenvalue weighted by Crippen LogP contribution is 2.29. The predicted octanol–water partition coefficient (Wildman–Crippen LogP) is 3.36. The molecule has 31 heavy (non-hydrogen) atoms. The van der Waals surface area contributed by atoms with Crippen molar-refractivity contribution in [2.45, 2.75) is 31.7 Å². The summed E-state index contributed by atoms with van der Waals surface area (Å²) < 4.78 is 9.69. The molecule has 0 atom stereocenters. The molecule has 9 heteroatoms. The SMILES string of the molecule is Cc1ccc(-n2c(SCc3cn4c(C)cc(C)nc4n3)nnc2N2CCOCC2)cc1. The summed E-state index contributed by atoms with van der Waals surface area (Å²) in [7, 11) is 0. The summed E-state index contributed by atoms with van der Waals surface area (Å²) in [6.07, 6.45) is 2.06. The molecule has 1 fully saturated rings. The Bertz CT molecular complexity index is 1210. The number of fused-ring (bicyclic) bond motifs is 1. The summed E-state index contributed by atoms with van der Waals surface area (Å²) in [6, 6.07) is 10.5. The van der Waals surface area contributed by atoms with E-state index in [0.717, 1.165) is 52.7 Å². The molecule has 1 saturated heterocycles. The van der Waals surface area contributed by atoms with Crippen LogP contribution in [0.1, 0.15) is 22.6 Å². The molecule has 0 aliphatic carbocycles. The van der Waals surface area contributed by atoms with Gasteiger partial charge in [-0.25, -0.2) is 9.97 Å². The number of hydrogen-bond acceptors (Lipinski definition) is 7. The Hall–Kier alpha value is -2.91. The summed E-state index contributed by atoms with van der Waals surface area (Å²) in [5.74, 6) is 2.29. The zero-order valence-electron chi connectivity index (χ0n) is 17.9. The number of aryl methyl sites for hydroxylation is 3. The Labute approximate surface area is 185 Å². The third kappa shape index (κ3) is 4.03. The molecule has 0 spiro atoms. The fourth-order valence-electron chi connectivity index (χ4n) is 3.77. The van der Waals surface area contributed by atoms with Crippen LogP contribution in [0.3, 0.4) is 0 Å². The second-order valence-corrected chi connectivity index (χ2v) is 8.73. The van der Waals surface area contributed by atoms with Crippen LogP contribution in [0.2, 0.25) is 0 Å². The Balaban J connectivity index is 1.46. The smallest absolute Gasteiger partial charge is 0.234 e. The van der Waals surface area contributed by atoms with Gasteiger partial charge in [-0.3, -0.25) is 8.97 Å². The molecule has 160 valence electrons. The van der Waals surface area contributed by atoms with Crippen molar-refractivity contribution in [2.75, 3.05) is 31.2 Å². The number of thioether (sulfide) groups is 1. The Morgan fingerprint density at radius 3 is 2.55 bits per heavy atom. The molecule has 1 aliphatic rings. The summed E-state index contributed by atoms with van der Waals surface area (Å²) in [4.78, 5) is 11.5.